The predicted molar refractivity (Wildman–Crippen MR) is 76.3 cm³/mol. The molecular weight excluding hydrogens is 282 g/mol. The van der Waals surface area contributed by atoms with E-state index in [-0.39, 0.29) is 0 Å². The number of rotatable bonds is 3. The summed E-state index contributed by atoms with van der Waals surface area (Å²) in [6.45, 7) is 0. The molecule has 2 aromatic heterocycles. The fourth-order valence-electron chi connectivity index (χ4n) is 1.71. The van der Waals surface area contributed by atoms with E-state index in [1.54, 1.807) is 29.5 Å². The number of hydrogen-bond acceptors (Lipinski definition) is 5. The standard InChI is InChI=1S/C13H10ClN3OS/c14-11-6-8(15)3-4-10(11)13-16-12(17-18-13)7-9-2-1-5-19-9/h1-6H,7,15H2. The van der Waals surface area contributed by atoms with Crippen molar-refractivity contribution in [2.24, 2.45) is 0 Å². The zero-order valence-corrected chi connectivity index (χ0v) is 11.4. The quantitative estimate of drug-likeness (QED) is 0.749. The molecule has 2 heterocycles. The van der Waals surface area contributed by atoms with E-state index < -0.39 is 0 Å². The molecule has 0 saturated carbocycles. The maximum Gasteiger partial charge on any atom is 0.259 e. The van der Waals surface area contributed by atoms with Crippen molar-refractivity contribution in [1.29, 1.82) is 0 Å². The van der Waals surface area contributed by atoms with Gasteiger partial charge in [0.1, 0.15) is 0 Å². The van der Waals surface area contributed by atoms with E-state index in [9.17, 15) is 0 Å². The lowest BCUT2D eigenvalue weighted by Gasteiger charge is -1.99. The van der Waals surface area contributed by atoms with Crippen LogP contribution in [0.3, 0.4) is 0 Å². The molecule has 0 fully saturated rings. The molecule has 0 radical (unpaired) electrons. The lowest BCUT2D eigenvalue weighted by atomic mass is 10.2. The molecular formula is C13H10ClN3OS. The Kier molecular flexibility index (Phi) is 3.23. The third-order valence-electron chi connectivity index (χ3n) is 2.60. The number of nitrogens with zero attached hydrogens (tertiary/aromatic N) is 2. The van der Waals surface area contributed by atoms with Crippen LogP contribution in [0.15, 0.2) is 40.2 Å². The molecule has 0 saturated heterocycles. The SMILES string of the molecule is Nc1ccc(-c2nc(Cc3cccs3)no2)c(Cl)c1. The summed E-state index contributed by atoms with van der Waals surface area (Å²) in [4.78, 5) is 5.54. The van der Waals surface area contributed by atoms with Crippen molar-refractivity contribution in [2.45, 2.75) is 6.42 Å². The highest BCUT2D eigenvalue weighted by atomic mass is 35.5. The second kappa shape index (κ2) is 5.03. The summed E-state index contributed by atoms with van der Waals surface area (Å²) in [6, 6.07) is 9.24. The molecule has 0 atom stereocenters. The Morgan fingerprint density at radius 1 is 1.32 bits per heavy atom. The molecule has 0 aliphatic heterocycles. The van der Waals surface area contributed by atoms with E-state index in [1.807, 2.05) is 17.5 Å². The van der Waals surface area contributed by atoms with Gasteiger partial charge in [0.05, 0.1) is 10.6 Å². The molecule has 96 valence electrons. The number of thiophene rings is 1. The van der Waals surface area contributed by atoms with Gasteiger partial charge in [-0.2, -0.15) is 4.98 Å². The number of aromatic nitrogens is 2. The molecule has 4 nitrogen and oxygen atoms in total. The van der Waals surface area contributed by atoms with Crippen molar-refractivity contribution < 1.29 is 4.52 Å². The highest BCUT2D eigenvalue weighted by molar-refractivity contribution is 7.09. The van der Waals surface area contributed by atoms with Crippen molar-refractivity contribution in [2.75, 3.05) is 5.73 Å². The molecule has 3 rings (SSSR count). The Morgan fingerprint density at radius 2 is 2.21 bits per heavy atom. The molecule has 0 aliphatic carbocycles. The second-order valence-electron chi connectivity index (χ2n) is 4.01. The van der Waals surface area contributed by atoms with Crippen molar-refractivity contribution >= 4 is 28.6 Å². The Morgan fingerprint density at radius 3 is 2.95 bits per heavy atom. The number of nitrogens with two attached hydrogens (primary N) is 1. The molecule has 0 spiro atoms. The fourth-order valence-corrected chi connectivity index (χ4v) is 2.68. The molecule has 6 heteroatoms. The van der Waals surface area contributed by atoms with Gasteiger partial charge in [-0.1, -0.05) is 22.8 Å². The molecule has 3 aromatic rings. The van der Waals surface area contributed by atoms with E-state index >= 15 is 0 Å². The highest BCUT2D eigenvalue weighted by Crippen LogP contribution is 2.28. The first-order chi connectivity index (χ1) is 9.22. The third kappa shape index (κ3) is 2.62. The van der Waals surface area contributed by atoms with Gasteiger partial charge < -0.3 is 10.3 Å². The van der Waals surface area contributed by atoms with Gasteiger partial charge in [-0.3, -0.25) is 0 Å². The summed E-state index contributed by atoms with van der Waals surface area (Å²) in [6.07, 6.45) is 0.660. The van der Waals surface area contributed by atoms with Crippen LogP contribution in [0.4, 0.5) is 5.69 Å². The van der Waals surface area contributed by atoms with Crippen molar-refractivity contribution in [3.8, 4) is 11.5 Å². The number of halogens is 1. The molecule has 0 unspecified atom stereocenters. The number of benzene rings is 1. The van der Waals surface area contributed by atoms with E-state index in [1.165, 1.54) is 4.88 Å². The first-order valence-electron chi connectivity index (χ1n) is 5.63. The van der Waals surface area contributed by atoms with Crippen LogP contribution in [-0.2, 0) is 6.42 Å². The van der Waals surface area contributed by atoms with Crippen LogP contribution in [0.1, 0.15) is 10.7 Å². The minimum atomic E-state index is 0.413. The van der Waals surface area contributed by atoms with E-state index in [0.717, 1.165) is 0 Å². The lowest BCUT2D eigenvalue weighted by molar-refractivity contribution is 0.424. The number of hydrogen-bond donors (Lipinski definition) is 1. The first kappa shape index (κ1) is 12.2. The van der Waals surface area contributed by atoms with Crippen molar-refractivity contribution in [3.63, 3.8) is 0 Å². The van der Waals surface area contributed by atoms with Crippen LogP contribution in [0, 0.1) is 0 Å². The van der Waals surface area contributed by atoms with Gasteiger partial charge in [0.2, 0.25) is 0 Å². The average Bonchev–Trinajstić information content (AvgIpc) is 3.01. The molecule has 1 aromatic carbocycles. The Labute approximate surface area is 118 Å². The Hall–Kier alpha value is -1.85. The van der Waals surface area contributed by atoms with E-state index in [0.29, 0.717) is 34.4 Å². The molecule has 0 aliphatic rings. The predicted octanol–water partition coefficient (Wildman–Crippen LogP) is 3.62. The first-order valence-corrected chi connectivity index (χ1v) is 6.88. The zero-order valence-electron chi connectivity index (χ0n) is 9.84. The largest absolute Gasteiger partial charge is 0.399 e. The second-order valence-corrected chi connectivity index (χ2v) is 5.45. The number of anilines is 1. The minimum absolute atomic E-state index is 0.413. The van der Waals surface area contributed by atoms with E-state index in [2.05, 4.69) is 10.1 Å². The minimum Gasteiger partial charge on any atom is -0.399 e. The topological polar surface area (TPSA) is 64.9 Å². The van der Waals surface area contributed by atoms with Crippen LogP contribution in [0.25, 0.3) is 11.5 Å². The van der Waals surface area contributed by atoms with Gasteiger partial charge >= 0.3 is 0 Å². The molecule has 2 N–H and O–H groups in total. The van der Waals surface area contributed by atoms with Crippen LogP contribution in [0.2, 0.25) is 5.02 Å². The summed E-state index contributed by atoms with van der Waals surface area (Å²) in [7, 11) is 0. The Balaban J connectivity index is 1.88. The molecule has 19 heavy (non-hydrogen) atoms. The van der Waals surface area contributed by atoms with Gasteiger partial charge in [0.25, 0.3) is 5.89 Å². The van der Waals surface area contributed by atoms with Gasteiger partial charge in [-0.05, 0) is 29.6 Å². The monoisotopic (exact) mass is 291 g/mol. The van der Waals surface area contributed by atoms with E-state index in [4.69, 9.17) is 21.9 Å². The molecule has 0 bridgehead atoms. The highest BCUT2D eigenvalue weighted by Gasteiger charge is 2.12. The third-order valence-corrected chi connectivity index (χ3v) is 3.79. The van der Waals surface area contributed by atoms with Crippen LogP contribution in [-0.4, -0.2) is 10.1 Å². The average molecular weight is 292 g/mol. The lowest BCUT2D eigenvalue weighted by Crippen LogP contribution is -1.88. The Bertz CT molecular complexity index is 694. The van der Waals surface area contributed by atoms with Crippen molar-refractivity contribution in [3.05, 3.63) is 51.4 Å². The summed E-state index contributed by atoms with van der Waals surface area (Å²) < 4.78 is 5.24. The fraction of sp³-hybridized carbons (Fsp3) is 0.0769. The normalized spacial score (nSPS) is 10.8. The van der Waals surface area contributed by atoms with Gasteiger partial charge in [-0.15, -0.1) is 11.3 Å². The van der Waals surface area contributed by atoms with Crippen LogP contribution >= 0.6 is 22.9 Å². The van der Waals surface area contributed by atoms with Gasteiger partial charge in [0.15, 0.2) is 5.82 Å². The van der Waals surface area contributed by atoms with Crippen LogP contribution in [0.5, 0.6) is 0 Å². The summed E-state index contributed by atoms with van der Waals surface area (Å²) >= 11 is 7.77. The smallest absolute Gasteiger partial charge is 0.259 e. The summed E-state index contributed by atoms with van der Waals surface area (Å²) in [5.74, 6) is 1.06. The molecule has 0 amide bonds. The number of nitrogen functional groups attached to an aromatic ring is 1. The maximum atomic E-state index is 6.11. The summed E-state index contributed by atoms with van der Waals surface area (Å²) in [5, 5.41) is 6.49. The maximum absolute atomic E-state index is 6.11. The van der Waals surface area contributed by atoms with Gasteiger partial charge in [-0.25, -0.2) is 0 Å². The van der Waals surface area contributed by atoms with Gasteiger partial charge in [0, 0.05) is 17.0 Å². The van der Waals surface area contributed by atoms with Crippen LogP contribution < -0.4 is 5.73 Å². The summed E-state index contributed by atoms with van der Waals surface area (Å²) in [5.41, 5.74) is 6.95. The zero-order chi connectivity index (χ0) is 13.2. The van der Waals surface area contributed by atoms with Crippen molar-refractivity contribution in [1.82, 2.24) is 10.1 Å².